The van der Waals surface area contributed by atoms with Crippen molar-refractivity contribution in [1.82, 2.24) is 15.1 Å². The van der Waals surface area contributed by atoms with E-state index in [4.69, 9.17) is 9.73 Å². The van der Waals surface area contributed by atoms with E-state index in [1.54, 1.807) is 0 Å². The number of nitrogens with one attached hydrogen (secondary N) is 1. The number of ether oxygens (including phenoxy) is 1. The van der Waals surface area contributed by atoms with E-state index in [0.29, 0.717) is 18.4 Å². The Labute approximate surface area is 180 Å². The highest BCUT2D eigenvalue weighted by Gasteiger charge is 2.42. The highest BCUT2D eigenvalue weighted by molar-refractivity contribution is 5.81. The Bertz CT molecular complexity index is 724. The fourth-order valence-corrected chi connectivity index (χ4v) is 4.78. The summed E-state index contributed by atoms with van der Waals surface area (Å²) >= 11 is 0. The number of likely N-dealkylation sites (tertiary alicyclic amines) is 1. The number of guanidine groups is 1. The van der Waals surface area contributed by atoms with Crippen LogP contribution in [0.5, 0.6) is 0 Å². The third-order valence-electron chi connectivity index (χ3n) is 6.60. The van der Waals surface area contributed by atoms with Gasteiger partial charge in [-0.2, -0.15) is 0 Å². The summed E-state index contributed by atoms with van der Waals surface area (Å²) < 4.78 is 5.65. The summed E-state index contributed by atoms with van der Waals surface area (Å²) in [5, 5.41) is 3.41. The average molecular weight is 414 g/mol. The summed E-state index contributed by atoms with van der Waals surface area (Å²) in [5.74, 6) is 1.16. The van der Waals surface area contributed by atoms with Gasteiger partial charge in [0.2, 0.25) is 5.91 Å². The number of para-hydroxylation sites is 1. The molecule has 30 heavy (non-hydrogen) atoms. The first-order chi connectivity index (χ1) is 14.7. The second-order valence-corrected chi connectivity index (χ2v) is 8.66. The van der Waals surface area contributed by atoms with Gasteiger partial charge in [0, 0.05) is 69.9 Å². The SMILES string of the molecule is CCNC(=NCCC(=O)N1CCN(c2ccccc2)CC1)N1CCC2(CCOC2)C1. The summed E-state index contributed by atoms with van der Waals surface area (Å²) in [6, 6.07) is 10.4. The van der Waals surface area contributed by atoms with Crippen LogP contribution in [0.1, 0.15) is 26.2 Å². The summed E-state index contributed by atoms with van der Waals surface area (Å²) in [6.45, 7) is 10.6. The molecule has 0 bridgehead atoms. The number of carbonyl (C=O) groups is 1. The van der Waals surface area contributed by atoms with E-state index in [2.05, 4.69) is 46.3 Å². The molecule has 7 heteroatoms. The Kier molecular flexibility index (Phi) is 6.77. The zero-order chi connectivity index (χ0) is 20.8. The van der Waals surface area contributed by atoms with Crippen molar-refractivity contribution in [3.63, 3.8) is 0 Å². The van der Waals surface area contributed by atoms with Gasteiger partial charge in [-0.3, -0.25) is 9.79 Å². The first-order valence-electron chi connectivity index (χ1n) is 11.4. The second kappa shape index (κ2) is 9.69. The Morgan fingerprint density at radius 2 is 1.90 bits per heavy atom. The number of benzene rings is 1. The number of piperazine rings is 1. The van der Waals surface area contributed by atoms with Crippen LogP contribution >= 0.6 is 0 Å². The van der Waals surface area contributed by atoms with E-state index < -0.39 is 0 Å². The Hall–Kier alpha value is -2.28. The predicted molar refractivity (Wildman–Crippen MR) is 120 cm³/mol. The molecule has 3 saturated heterocycles. The van der Waals surface area contributed by atoms with Crippen molar-refractivity contribution in [3.05, 3.63) is 30.3 Å². The molecule has 3 aliphatic heterocycles. The first-order valence-corrected chi connectivity index (χ1v) is 11.4. The lowest BCUT2D eigenvalue weighted by atomic mass is 9.87. The normalized spacial score (nSPS) is 24.7. The number of aliphatic imine (C=N–C) groups is 1. The van der Waals surface area contributed by atoms with Crippen LogP contribution < -0.4 is 10.2 Å². The van der Waals surface area contributed by atoms with Crippen molar-refractivity contribution in [2.24, 2.45) is 10.4 Å². The molecule has 7 nitrogen and oxygen atoms in total. The third-order valence-corrected chi connectivity index (χ3v) is 6.60. The highest BCUT2D eigenvalue weighted by Crippen LogP contribution is 2.38. The van der Waals surface area contributed by atoms with Crippen LogP contribution in [0.2, 0.25) is 0 Å². The van der Waals surface area contributed by atoms with Gasteiger partial charge in [-0.15, -0.1) is 0 Å². The quantitative estimate of drug-likeness (QED) is 0.589. The van der Waals surface area contributed by atoms with Gasteiger partial charge in [-0.1, -0.05) is 18.2 Å². The summed E-state index contributed by atoms with van der Waals surface area (Å²) in [6.07, 6.45) is 2.79. The maximum atomic E-state index is 12.7. The van der Waals surface area contributed by atoms with Crippen molar-refractivity contribution in [2.45, 2.75) is 26.2 Å². The molecule has 0 saturated carbocycles. The molecule has 0 aromatic heterocycles. The molecule has 1 amide bonds. The molecule has 3 fully saturated rings. The van der Waals surface area contributed by atoms with Gasteiger partial charge >= 0.3 is 0 Å². The lowest BCUT2D eigenvalue weighted by Crippen LogP contribution is -2.49. The van der Waals surface area contributed by atoms with Crippen LogP contribution in [-0.4, -0.2) is 87.2 Å². The van der Waals surface area contributed by atoms with Gasteiger partial charge in [0.1, 0.15) is 0 Å². The minimum absolute atomic E-state index is 0.212. The maximum absolute atomic E-state index is 12.7. The lowest BCUT2D eigenvalue weighted by molar-refractivity contribution is -0.131. The Morgan fingerprint density at radius 1 is 1.10 bits per heavy atom. The van der Waals surface area contributed by atoms with Crippen LogP contribution in [0.3, 0.4) is 0 Å². The van der Waals surface area contributed by atoms with Gasteiger partial charge < -0.3 is 24.8 Å². The standard InChI is InChI=1S/C23H35N5O2/c1-2-24-22(28-12-9-23(18-28)10-17-30-19-23)25-11-8-21(29)27-15-13-26(14-16-27)20-6-4-3-5-7-20/h3-7H,2,8-19H2,1H3,(H,24,25). The maximum Gasteiger partial charge on any atom is 0.224 e. The molecule has 4 rings (SSSR count). The smallest absolute Gasteiger partial charge is 0.224 e. The number of hydrogen-bond acceptors (Lipinski definition) is 4. The number of amides is 1. The molecule has 1 atom stereocenters. The molecular formula is C23H35N5O2. The van der Waals surface area contributed by atoms with E-state index in [1.165, 1.54) is 12.1 Å². The number of carbonyl (C=O) groups excluding carboxylic acids is 1. The molecule has 3 aliphatic rings. The van der Waals surface area contributed by atoms with Crippen LogP contribution in [0.25, 0.3) is 0 Å². The molecule has 1 aromatic carbocycles. The second-order valence-electron chi connectivity index (χ2n) is 8.66. The van der Waals surface area contributed by atoms with Crippen molar-refractivity contribution in [2.75, 3.05) is 70.5 Å². The fraction of sp³-hybridized carbons (Fsp3) is 0.652. The molecule has 1 aromatic rings. The van der Waals surface area contributed by atoms with Crippen LogP contribution in [-0.2, 0) is 9.53 Å². The number of nitrogens with zero attached hydrogens (tertiary/aromatic N) is 4. The largest absolute Gasteiger partial charge is 0.381 e. The lowest BCUT2D eigenvalue weighted by Gasteiger charge is -2.36. The monoisotopic (exact) mass is 413 g/mol. The molecule has 1 unspecified atom stereocenters. The minimum Gasteiger partial charge on any atom is -0.381 e. The molecule has 1 N–H and O–H groups in total. The number of hydrogen-bond donors (Lipinski definition) is 1. The Balaban J connectivity index is 1.25. The van der Waals surface area contributed by atoms with Crippen LogP contribution in [0.15, 0.2) is 35.3 Å². The topological polar surface area (TPSA) is 60.4 Å². The molecule has 0 radical (unpaired) electrons. The molecular weight excluding hydrogens is 378 g/mol. The first kappa shape index (κ1) is 21.0. The molecule has 3 heterocycles. The Morgan fingerprint density at radius 3 is 2.60 bits per heavy atom. The van der Waals surface area contributed by atoms with Gasteiger partial charge in [0.25, 0.3) is 0 Å². The molecule has 1 spiro atoms. The van der Waals surface area contributed by atoms with Gasteiger partial charge in [0.05, 0.1) is 13.2 Å². The zero-order valence-corrected chi connectivity index (χ0v) is 18.2. The van der Waals surface area contributed by atoms with E-state index in [0.717, 1.165) is 71.4 Å². The molecule has 0 aliphatic carbocycles. The van der Waals surface area contributed by atoms with Crippen LogP contribution in [0, 0.1) is 5.41 Å². The number of rotatable bonds is 5. The third kappa shape index (κ3) is 4.89. The summed E-state index contributed by atoms with van der Waals surface area (Å²) in [7, 11) is 0. The average Bonchev–Trinajstić information content (AvgIpc) is 3.43. The van der Waals surface area contributed by atoms with E-state index in [9.17, 15) is 4.79 Å². The van der Waals surface area contributed by atoms with Crippen molar-refractivity contribution < 1.29 is 9.53 Å². The van der Waals surface area contributed by atoms with E-state index in [1.807, 2.05) is 11.0 Å². The van der Waals surface area contributed by atoms with Crippen molar-refractivity contribution in [3.8, 4) is 0 Å². The van der Waals surface area contributed by atoms with E-state index in [-0.39, 0.29) is 5.91 Å². The van der Waals surface area contributed by atoms with Crippen molar-refractivity contribution in [1.29, 1.82) is 0 Å². The van der Waals surface area contributed by atoms with E-state index >= 15 is 0 Å². The predicted octanol–water partition coefficient (Wildman–Crippen LogP) is 1.80. The summed E-state index contributed by atoms with van der Waals surface area (Å²) in [5.41, 5.74) is 1.55. The highest BCUT2D eigenvalue weighted by atomic mass is 16.5. The molecule has 164 valence electrons. The van der Waals surface area contributed by atoms with Gasteiger partial charge in [-0.25, -0.2) is 0 Å². The minimum atomic E-state index is 0.212. The summed E-state index contributed by atoms with van der Waals surface area (Å²) in [4.78, 5) is 24.2. The van der Waals surface area contributed by atoms with Gasteiger partial charge in [0.15, 0.2) is 5.96 Å². The number of anilines is 1. The van der Waals surface area contributed by atoms with Crippen LogP contribution in [0.4, 0.5) is 5.69 Å². The van der Waals surface area contributed by atoms with Gasteiger partial charge in [-0.05, 0) is 31.9 Å². The van der Waals surface area contributed by atoms with Crippen molar-refractivity contribution >= 4 is 17.6 Å². The fourth-order valence-electron chi connectivity index (χ4n) is 4.78. The zero-order valence-electron chi connectivity index (χ0n) is 18.2.